The number of halogens is 2. The molecule has 1 aliphatic heterocycles. The molecular formula is C25H39Cl2N5O5. The Hall–Kier alpha value is -2.07. The van der Waals surface area contributed by atoms with Crippen LogP contribution in [0.3, 0.4) is 0 Å². The smallest absolute Gasteiger partial charge is 0.315 e. The molecule has 5 amide bonds. The van der Waals surface area contributed by atoms with Crippen LogP contribution >= 0.6 is 23.2 Å². The van der Waals surface area contributed by atoms with Gasteiger partial charge in [0.05, 0.1) is 6.04 Å². The molecule has 0 bridgehead atoms. The number of hydrogen-bond acceptors (Lipinski definition) is 5. The number of nitrogens with two attached hydrogens (primary N) is 1. The summed E-state index contributed by atoms with van der Waals surface area (Å²) in [5, 5.41) is 8.22. The molecular weight excluding hydrogens is 521 g/mol. The van der Waals surface area contributed by atoms with Crippen molar-refractivity contribution < 1.29 is 24.0 Å². The first-order valence-electron chi connectivity index (χ1n) is 12.8. The van der Waals surface area contributed by atoms with Crippen LogP contribution in [0.5, 0.6) is 0 Å². The van der Waals surface area contributed by atoms with Crippen LogP contribution in [-0.4, -0.2) is 69.0 Å². The Morgan fingerprint density at radius 1 is 1.03 bits per heavy atom. The topological polar surface area (TPSA) is 151 Å². The van der Waals surface area contributed by atoms with Gasteiger partial charge in [-0.05, 0) is 38.5 Å². The molecule has 12 heteroatoms. The molecule has 3 aliphatic rings. The molecule has 0 aromatic carbocycles. The first-order chi connectivity index (χ1) is 16.8. The number of piperidine rings is 1. The normalized spacial score (nSPS) is 26.3. The van der Waals surface area contributed by atoms with Gasteiger partial charge in [-0.25, -0.2) is 4.79 Å². The minimum Gasteiger partial charge on any atom is -0.363 e. The van der Waals surface area contributed by atoms with Crippen molar-refractivity contribution in [2.45, 2.75) is 95.2 Å². The summed E-state index contributed by atoms with van der Waals surface area (Å²) >= 11 is 12.9. The van der Waals surface area contributed by atoms with Crippen molar-refractivity contribution in [3.63, 3.8) is 0 Å². The quantitative estimate of drug-likeness (QED) is 0.264. The van der Waals surface area contributed by atoms with Gasteiger partial charge >= 0.3 is 6.03 Å². The highest BCUT2D eigenvalue weighted by atomic mass is 35.5. The highest BCUT2D eigenvalue weighted by molar-refractivity contribution is 6.51. The van der Waals surface area contributed by atoms with Gasteiger partial charge < -0.3 is 26.6 Å². The molecule has 3 fully saturated rings. The third-order valence-corrected chi connectivity index (χ3v) is 8.50. The van der Waals surface area contributed by atoms with E-state index in [0.29, 0.717) is 6.42 Å². The average Bonchev–Trinajstić information content (AvgIpc) is 3.06. The fourth-order valence-electron chi connectivity index (χ4n) is 5.18. The number of likely N-dealkylation sites (tertiary alicyclic amines) is 1. The Bertz CT molecular complexity index is 969. The van der Waals surface area contributed by atoms with Crippen molar-refractivity contribution in [3.05, 3.63) is 0 Å². The maximum absolute atomic E-state index is 13.8. The number of urea groups is 1. The number of primary amides is 1. The average molecular weight is 561 g/mol. The van der Waals surface area contributed by atoms with Gasteiger partial charge in [0.2, 0.25) is 17.6 Å². The van der Waals surface area contributed by atoms with E-state index in [2.05, 4.69) is 16.0 Å². The molecule has 1 saturated heterocycles. The molecule has 0 aromatic rings. The molecule has 2 aliphatic carbocycles. The maximum Gasteiger partial charge on any atom is 0.315 e. The number of fused-ring (bicyclic) bond motifs is 1. The van der Waals surface area contributed by atoms with E-state index in [-0.39, 0.29) is 18.4 Å². The van der Waals surface area contributed by atoms with E-state index in [9.17, 15) is 24.0 Å². The fourth-order valence-corrected chi connectivity index (χ4v) is 6.00. The summed E-state index contributed by atoms with van der Waals surface area (Å²) < 4.78 is -1.19. The lowest BCUT2D eigenvalue weighted by Crippen LogP contribution is -2.62. The van der Waals surface area contributed by atoms with Crippen molar-refractivity contribution in [2.75, 3.05) is 6.54 Å². The Balaban J connectivity index is 1.83. The van der Waals surface area contributed by atoms with Gasteiger partial charge in [-0.3, -0.25) is 19.2 Å². The van der Waals surface area contributed by atoms with Gasteiger partial charge in [0.25, 0.3) is 5.91 Å². The molecule has 5 unspecified atom stereocenters. The zero-order valence-electron chi connectivity index (χ0n) is 22.3. The van der Waals surface area contributed by atoms with Crippen LogP contribution in [0.1, 0.15) is 67.2 Å². The zero-order valence-corrected chi connectivity index (χ0v) is 23.8. The number of Topliss-reactive ketones (excluding diaryl/α,β-unsaturated/α-hetero) is 1. The maximum atomic E-state index is 13.8. The van der Waals surface area contributed by atoms with Crippen molar-refractivity contribution in [3.8, 4) is 0 Å². The lowest BCUT2D eigenvalue weighted by atomic mass is 9.80. The monoisotopic (exact) mass is 559 g/mol. The Morgan fingerprint density at radius 3 is 2.08 bits per heavy atom. The van der Waals surface area contributed by atoms with Crippen molar-refractivity contribution >= 4 is 52.7 Å². The molecule has 1 heterocycles. The minimum absolute atomic E-state index is 0.126. The lowest BCUT2D eigenvalue weighted by Gasteiger charge is -2.38. The van der Waals surface area contributed by atoms with Crippen LogP contribution in [0.2, 0.25) is 0 Å². The predicted octanol–water partition coefficient (Wildman–Crippen LogP) is 1.86. The SMILES string of the molecule is CC(C)(C)NC(=O)NC(C(=O)N1CC2C(C1C(=O)NC(CC1CCC1)C(=O)C(N)=O)C2(Cl)Cl)C(C)(C)C. The minimum atomic E-state index is -1.19. The number of hydrogen-bond donors (Lipinski definition) is 4. The summed E-state index contributed by atoms with van der Waals surface area (Å²) in [6, 6.07) is -3.61. The summed E-state index contributed by atoms with van der Waals surface area (Å²) in [5.74, 6) is -3.74. The highest BCUT2D eigenvalue weighted by Gasteiger charge is 2.74. The molecule has 2 saturated carbocycles. The number of rotatable bonds is 8. The Kier molecular flexibility index (Phi) is 8.16. The van der Waals surface area contributed by atoms with Gasteiger partial charge in [-0.2, -0.15) is 0 Å². The summed E-state index contributed by atoms with van der Waals surface area (Å²) in [5.41, 5.74) is 4.03. The van der Waals surface area contributed by atoms with Gasteiger partial charge in [0, 0.05) is 23.9 Å². The lowest BCUT2D eigenvalue weighted by molar-refractivity contribution is -0.144. The van der Waals surface area contributed by atoms with E-state index in [1.807, 2.05) is 41.5 Å². The van der Waals surface area contributed by atoms with Crippen LogP contribution in [-0.2, 0) is 19.2 Å². The molecule has 5 N–H and O–H groups in total. The molecule has 3 rings (SSSR count). The summed E-state index contributed by atoms with van der Waals surface area (Å²) in [4.78, 5) is 65.6. The summed E-state index contributed by atoms with van der Waals surface area (Å²) in [6.45, 7) is 11.0. The van der Waals surface area contributed by atoms with Crippen LogP contribution < -0.4 is 21.7 Å². The number of nitrogens with one attached hydrogen (secondary N) is 3. The molecule has 5 atom stereocenters. The molecule has 37 heavy (non-hydrogen) atoms. The third kappa shape index (κ3) is 6.50. The van der Waals surface area contributed by atoms with Gasteiger partial charge in [-0.1, -0.05) is 40.0 Å². The van der Waals surface area contributed by atoms with Crippen LogP contribution in [0, 0.1) is 23.2 Å². The van der Waals surface area contributed by atoms with Crippen molar-refractivity contribution in [1.82, 2.24) is 20.9 Å². The molecule has 208 valence electrons. The highest BCUT2D eigenvalue weighted by Crippen LogP contribution is 2.65. The van der Waals surface area contributed by atoms with Crippen LogP contribution in [0.25, 0.3) is 0 Å². The first kappa shape index (κ1) is 29.5. The number of carbonyl (C=O) groups is 5. The van der Waals surface area contributed by atoms with Gasteiger partial charge in [-0.15, -0.1) is 23.2 Å². The van der Waals surface area contributed by atoms with Gasteiger partial charge in [0.1, 0.15) is 16.4 Å². The largest absolute Gasteiger partial charge is 0.363 e. The molecule has 10 nitrogen and oxygen atoms in total. The van der Waals surface area contributed by atoms with Crippen LogP contribution in [0.4, 0.5) is 4.79 Å². The van der Waals surface area contributed by atoms with Crippen LogP contribution in [0.15, 0.2) is 0 Å². The zero-order chi connectivity index (χ0) is 28.1. The molecule has 0 spiro atoms. The Labute approximate surface area is 228 Å². The number of alkyl halides is 2. The second-order valence-electron chi connectivity index (χ2n) is 12.7. The molecule has 0 aromatic heterocycles. The number of amides is 5. The third-order valence-electron chi connectivity index (χ3n) is 7.43. The van der Waals surface area contributed by atoms with E-state index in [4.69, 9.17) is 28.9 Å². The second-order valence-corrected chi connectivity index (χ2v) is 14.2. The number of nitrogens with zero attached hydrogens (tertiary/aromatic N) is 1. The van der Waals surface area contributed by atoms with E-state index in [0.717, 1.165) is 19.3 Å². The van der Waals surface area contributed by atoms with Gasteiger partial charge in [0.15, 0.2) is 0 Å². The standard InChI is InChI=1S/C25H39Cl2N5O5/c1-23(2,3)18(30-22(37)31-24(4,5)6)21(36)32-11-13-15(25(13,26)27)16(32)20(35)29-14(17(33)19(28)34)10-12-8-7-9-12/h12-16,18H,7-11H2,1-6H3,(H2,28,34)(H,29,35)(H2,30,31,37). The van der Waals surface area contributed by atoms with E-state index >= 15 is 0 Å². The summed E-state index contributed by atoms with van der Waals surface area (Å²) in [6.07, 6.45) is 3.13. The van der Waals surface area contributed by atoms with E-state index in [1.54, 1.807) is 0 Å². The number of carbonyl (C=O) groups excluding carboxylic acids is 5. The van der Waals surface area contributed by atoms with E-state index in [1.165, 1.54) is 4.90 Å². The summed E-state index contributed by atoms with van der Waals surface area (Å²) in [7, 11) is 0. The Morgan fingerprint density at radius 2 is 1.62 bits per heavy atom. The molecule has 0 radical (unpaired) electrons. The fraction of sp³-hybridized carbons (Fsp3) is 0.800. The first-order valence-corrected chi connectivity index (χ1v) is 13.5. The van der Waals surface area contributed by atoms with Crippen molar-refractivity contribution in [2.24, 2.45) is 28.9 Å². The second kappa shape index (κ2) is 10.2. The van der Waals surface area contributed by atoms with E-state index < -0.39 is 68.9 Å². The number of ketones is 1. The van der Waals surface area contributed by atoms with Crippen molar-refractivity contribution in [1.29, 1.82) is 0 Å². The predicted molar refractivity (Wildman–Crippen MR) is 140 cm³/mol.